The van der Waals surface area contributed by atoms with Gasteiger partial charge in [-0.15, -0.1) is 0 Å². The van der Waals surface area contributed by atoms with Gasteiger partial charge in [0.1, 0.15) is 10.9 Å². The fourth-order valence-corrected chi connectivity index (χ4v) is 2.16. The molecule has 0 atom stereocenters. The van der Waals surface area contributed by atoms with Crippen LogP contribution in [0.15, 0.2) is 0 Å². The first-order valence-electron chi connectivity index (χ1n) is 3.91. The fraction of sp³-hybridized carbons (Fsp3) is 0.714. The van der Waals surface area contributed by atoms with Crippen LogP contribution in [0.25, 0.3) is 0 Å². The average molecular weight is 221 g/mol. The first kappa shape index (κ1) is 10.9. The maximum Gasteiger partial charge on any atom is 0.254 e. The van der Waals surface area contributed by atoms with Crippen LogP contribution in [0.5, 0.6) is 0 Å². The third-order valence-corrected chi connectivity index (χ3v) is 2.95. The molecule has 1 amide bonds. The standard InChI is InChI=1S/C7H11NO3S2/c9-2-3-11-5-6(10)8-1-4-13-7(8)12/h9H,1-5H2. The molecule has 0 aromatic carbocycles. The Morgan fingerprint density at radius 2 is 2.54 bits per heavy atom. The van der Waals surface area contributed by atoms with Gasteiger partial charge in [-0.25, -0.2) is 0 Å². The Labute approximate surface area is 86.2 Å². The van der Waals surface area contributed by atoms with Gasteiger partial charge in [0.2, 0.25) is 0 Å². The van der Waals surface area contributed by atoms with Crippen LogP contribution >= 0.6 is 24.0 Å². The van der Waals surface area contributed by atoms with E-state index in [9.17, 15) is 4.79 Å². The van der Waals surface area contributed by atoms with Crippen LogP contribution in [0.4, 0.5) is 0 Å². The maximum absolute atomic E-state index is 11.3. The summed E-state index contributed by atoms with van der Waals surface area (Å²) in [7, 11) is 0. The topological polar surface area (TPSA) is 49.8 Å². The highest BCUT2D eigenvalue weighted by Gasteiger charge is 2.23. The Hall–Kier alpha value is -0.170. The number of hydrogen-bond acceptors (Lipinski definition) is 5. The van der Waals surface area contributed by atoms with E-state index in [-0.39, 0.29) is 25.7 Å². The van der Waals surface area contributed by atoms with Gasteiger partial charge in [0.05, 0.1) is 13.2 Å². The van der Waals surface area contributed by atoms with Gasteiger partial charge in [-0.3, -0.25) is 9.69 Å². The molecule has 0 aliphatic carbocycles. The highest BCUT2D eigenvalue weighted by atomic mass is 32.2. The zero-order valence-electron chi connectivity index (χ0n) is 7.06. The molecule has 0 bridgehead atoms. The molecule has 0 aromatic heterocycles. The summed E-state index contributed by atoms with van der Waals surface area (Å²) in [6.45, 7) is 0.804. The van der Waals surface area contributed by atoms with Crippen LogP contribution in [0.3, 0.4) is 0 Å². The van der Waals surface area contributed by atoms with Gasteiger partial charge >= 0.3 is 0 Å². The molecule has 0 radical (unpaired) electrons. The molecule has 1 heterocycles. The van der Waals surface area contributed by atoms with Gasteiger partial charge in [0, 0.05) is 12.3 Å². The number of aliphatic hydroxyl groups excluding tert-OH is 1. The second kappa shape index (κ2) is 5.54. The van der Waals surface area contributed by atoms with Gasteiger partial charge in [-0.2, -0.15) is 0 Å². The first-order chi connectivity index (χ1) is 6.25. The molecule has 1 N–H and O–H groups in total. The highest BCUT2D eigenvalue weighted by Crippen LogP contribution is 2.17. The van der Waals surface area contributed by atoms with Gasteiger partial charge < -0.3 is 9.84 Å². The molecule has 1 aliphatic heterocycles. The molecule has 6 heteroatoms. The Morgan fingerprint density at radius 1 is 1.77 bits per heavy atom. The van der Waals surface area contributed by atoms with Crippen molar-refractivity contribution in [1.82, 2.24) is 4.90 Å². The average Bonchev–Trinajstić information content (AvgIpc) is 2.52. The third-order valence-electron chi connectivity index (χ3n) is 1.52. The molecule has 0 saturated carbocycles. The number of carbonyl (C=O) groups excluding carboxylic acids is 1. The number of thiocarbonyl (C=S) groups is 1. The largest absolute Gasteiger partial charge is 0.394 e. The molecule has 13 heavy (non-hydrogen) atoms. The van der Waals surface area contributed by atoms with E-state index in [1.54, 1.807) is 0 Å². The molecule has 4 nitrogen and oxygen atoms in total. The monoisotopic (exact) mass is 221 g/mol. The van der Waals surface area contributed by atoms with Crippen LogP contribution in [0.2, 0.25) is 0 Å². The number of carbonyl (C=O) groups is 1. The van der Waals surface area contributed by atoms with E-state index < -0.39 is 0 Å². The van der Waals surface area contributed by atoms with Crippen molar-refractivity contribution >= 4 is 34.2 Å². The van der Waals surface area contributed by atoms with Crippen LogP contribution in [0, 0.1) is 0 Å². The zero-order valence-corrected chi connectivity index (χ0v) is 8.70. The van der Waals surface area contributed by atoms with E-state index in [1.165, 1.54) is 16.7 Å². The van der Waals surface area contributed by atoms with E-state index in [2.05, 4.69) is 0 Å². The van der Waals surface area contributed by atoms with Crippen molar-refractivity contribution in [3.05, 3.63) is 0 Å². The van der Waals surface area contributed by atoms with E-state index in [1.807, 2.05) is 0 Å². The highest BCUT2D eigenvalue weighted by molar-refractivity contribution is 8.23. The van der Waals surface area contributed by atoms with E-state index >= 15 is 0 Å². The van der Waals surface area contributed by atoms with Crippen molar-refractivity contribution in [2.24, 2.45) is 0 Å². The second-order valence-corrected chi connectivity index (χ2v) is 4.16. The normalized spacial score (nSPS) is 16.7. The van der Waals surface area contributed by atoms with Crippen molar-refractivity contribution < 1.29 is 14.6 Å². The summed E-state index contributed by atoms with van der Waals surface area (Å²) in [6.07, 6.45) is 0. The molecule has 0 aromatic rings. The van der Waals surface area contributed by atoms with Crippen LogP contribution in [0.1, 0.15) is 0 Å². The molecule has 0 spiro atoms. The predicted octanol–water partition coefficient (Wildman–Crippen LogP) is -0.144. The molecular weight excluding hydrogens is 210 g/mol. The summed E-state index contributed by atoms with van der Waals surface area (Å²) in [4.78, 5) is 12.9. The van der Waals surface area contributed by atoms with Gasteiger partial charge in [0.15, 0.2) is 0 Å². The summed E-state index contributed by atoms with van der Waals surface area (Å²) in [6, 6.07) is 0. The molecule has 1 aliphatic rings. The molecule has 74 valence electrons. The number of amides is 1. The van der Waals surface area contributed by atoms with Gasteiger partial charge in [-0.05, 0) is 0 Å². The Balaban J connectivity index is 2.26. The number of nitrogens with zero attached hydrogens (tertiary/aromatic N) is 1. The Bertz CT molecular complexity index is 210. The number of hydrogen-bond donors (Lipinski definition) is 1. The number of aliphatic hydroxyl groups is 1. The Morgan fingerprint density at radius 3 is 3.08 bits per heavy atom. The van der Waals surface area contributed by atoms with Crippen LogP contribution in [-0.4, -0.2) is 52.4 Å². The summed E-state index contributed by atoms with van der Waals surface area (Å²) in [5.41, 5.74) is 0. The van der Waals surface area contributed by atoms with Crippen molar-refractivity contribution in [2.45, 2.75) is 0 Å². The fourth-order valence-electron chi connectivity index (χ4n) is 0.922. The lowest BCUT2D eigenvalue weighted by Gasteiger charge is -2.13. The molecule has 1 rings (SSSR count). The predicted molar refractivity (Wildman–Crippen MR) is 54.7 cm³/mol. The molecule has 1 saturated heterocycles. The van der Waals surface area contributed by atoms with Crippen molar-refractivity contribution in [3.63, 3.8) is 0 Å². The molecule has 1 fully saturated rings. The minimum absolute atomic E-state index is 0.00125. The first-order valence-corrected chi connectivity index (χ1v) is 5.31. The Kier molecular flexibility index (Phi) is 4.65. The third kappa shape index (κ3) is 3.22. The minimum Gasteiger partial charge on any atom is -0.394 e. The quantitative estimate of drug-likeness (QED) is 0.529. The SMILES string of the molecule is O=C(COCCO)N1CCSC1=S. The summed E-state index contributed by atoms with van der Waals surface area (Å²) >= 11 is 6.46. The van der Waals surface area contributed by atoms with E-state index in [0.717, 1.165) is 5.75 Å². The minimum atomic E-state index is -0.122. The zero-order chi connectivity index (χ0) is 9.68. The van der Waals surface area contributed by atoms with Gasteiger partial charge in [0.25, 0.3) is 5.91 Å². The lowest BCUT2D eigenvalue weighted by molar-refractivity contribution is -0.131. The lowest BCUT2D eigenvalue weighted by atomic mass is 10.5. The summed E-state index contributed by atoms with van der Waals surface area (Å²) in [5.74, 6) is 0.744. The van der Waals surface area contributed by atoms with Gasteiger partial charge in [-0.1, -0.05) is 24.0 Å². The van der Waals surface area contributed by atoms with Crippen LogP contribution in [-0.2, 0) is 9.53 Å². The van der Waals surface area contributed by atoms with Crippen molar-refractivity contribution in [2.75, 3.05) is 32.1 Å². The number of ether oxygens (including phenoxy) is 1. The smallest absolute Gasteiger partial charge is 0.254 e. The maximum atomic E-state index is 11.3. The lowest BCUT2D eigenvalue weighted by Crippen LogP contribution is -2.34. The van der Waals surface area contributed by atoms with E-state index in [4.69, 9.17) is 22.1 Å². The summed E-state index contributed by atoms with van der Waals surface area (Å²) in [5, 5.41) is 8.42. The summed E-state index contributed by atoms with van der Waals surface area (Å²) < 4.78 is 5.52. The van der Waals surface area contributed by atoms with Crippen molar-refractivity contribution in [1.29, 1.82) is 0 Å². The van der Waals surface area contributed by atoms with Crippen LogP contribution < -0.4 is 0 Å². The second-order valence-electron chi connectivity index (χ2n) is 2.44. The van der Waals surface area contributed by atoms with Crippen molar-refractivity contribution in [3.8, 4) is 0 Å². The molecule has 0 unspecified atom stereocenters. The number of rotatable bonds is 4. The number of thioether (sulfide) groups is 1. The van der Waals surface area contributed by atoms with E-state index in [0.29, 0.717) is 10.9 Å². The molecular formula is C7H11NO3S2.